The zero-order valence-electron chi connectivity index (χ0n) is 12.4. The molecule has 0 spiro atoms. The van der Waals surface area contributed by atoms with Crippen LogP contribution in [0.25, 0.3) is 4.96 Å². The molecule has 3 aromatic rings. The first-order valence-corrected chi connectivity index (χ1v) is 9.15. The Balaban J connectivity index is 1.76. The van der Waals surface area contributed by atoms with Gasteiger partial charge in [-0.3, -0.25) is 0 Å². The number of aromatic nitrogens is 4. The van der Waals surface area contributed by atoms with Crippen molar-refractivity contribution in [1.29, 1.82) is 0 Å². The Hall–Kier alpha value is -1.15. The number of hydrogen-bond donors (Lipinski definition) is 1. The average molecular weight is 355 g/mol. The maximum atomic E-state index is 5.90. The summed E-state index contributed by atoms with van der Waals surface area (Å²) in [5.41, 5.74) is 5.38. The molecule has 22 heavy (non-hydrogen) atoms. The Morgan fingerprint density at radius 1 is 1.27 bits per heavy atom. The molecule has 0 fully saturated rings. The van der Waals surface area contributed by atoms with E-state index in [-0.39, 0.29) is 6.04 Å². The summed E-state index contributed by atoms with van der Waals surface area (Å²) < 4.78 is 2.81. The summed E-state index contributed by atoms with van der Waals surface area (Å²) in [4.78, 5) is 0.822. The SMILES string of the molecule is CC(C)[C@H]([NH3+])c1nnc2sc(SCc3ccc(Cl)cc3)nn12. The highest BCUT2D eigenvalue weighted by molar-refractivity contribution is 8.00. The maximum absolute atomic E-state index is 5.90. The van der Waals surface area contributed by atoms with Gasteiger partial charge in [0.25, 0.3) is 0 Å². The highest BCUT2D eigenvalue weighted by Gasteiger charge is 2.23. The van der Waals surface area contributed by atoms with Crippen LogP contribution in [0.15, 0.2) is 28.6 Å². The summed E-state index contributed by atoms with van der Waals surface area (Å²) in [5.74, 6) is 2.09. The standard InChI is InChI=1S/C14H16ClN5S2/c1-8(2)11(16)12-17-18-13-20(12)19-14(22-13)21-7-9-3-5-10(15)6-4-9/h3-6,8,11H,7,16H2,1-2H3/p+1/t11-/m0/s1. The van der Waals surface area contributed by atoms with Gasteiger partial charge in [0, 0.05) is 16.7 Å². The Kier molecular flexibility index (Phi) is 4.67. The fourth-order valence-corrected chi connectivity index (χ4v) is 3.89. The molecule has 2 heterocycles. The van der Waals surface area contributed by atoms with Crippen LogP contribution >= 0.6 is 34.7 Å². The predicted octanol–water partition coefficient (Wildman–Crippen LogP) is 3.07. The quantitative estimate of drug-likeness (QED) is 0.715. The van der Waals surface area contributed by atoms with Crippen molar-refractivity contribution < 1.29 is 5.73 Å². The first-order valence-electron chi connectivity index (χ1n) is 6.97. The lowest BCUT2D eigenvalue weighted by Gasteiger charge is -2.08. The summed E-state index contributed by atoms with van der Waals surface area (Å²) in [6.45, 7) is 4.25. The maximum Gasteiger partial charge on any atom is 0.235 e. The monoisotopic (exact) mass is 354 g/mol. The molecular weight excluding hydrogens is 338 g/mol. The molecule has 0 amide bonds. The highest BCUT2D eigenvalue weighted by atomic mass is 35.5. The van der Waals surface area contributed by atoms with Crippen molar-refractivity contribution in [2.24, 2.45) is 5.92 Å². The molecule has 2 aromatic heterocycles. The number of thioether (sulfide) groups is 1. The Labute approximate surface area is 141 Å². The van der Waals surface area contributed by atoms with E-state index in [1.54, 1.807) is 23.1 Å². The van der Waals surface area contributed by atoms with Crippen molar-refractivity contribution in [2.45, 2.75) is 30.0 Å². The zero-order valence-corrected chi connectivity index (χ0v) is 14.8. The Morgan fingerprint density at radius 3 is 2.68 bits per heavy atom. The van der Waals surface area contributed by atoms with Gasteiger partial charge in [0.15, 0.2) is 4.34 Å². The van der Waals surface area contributed by atoms with Crippen molar-refractivity contribution >= 4 is 39.7 Å². The van der Waals surface area contributed by atoms with Gasteiger partial charge >= 0.3 is 0 Å². The minimum Gasteiger partial charge on any atom is -0.348 e. The first-order chi connectivity index (χ1) is 10.5. The van der Waals surface area contributed by atoms with Crippen molar-refractivity contribution in [2.75, 3.05) is 0 Å². The van der Waals surface area contributed by atoms with Crippen LogP contribution in [-0.2, 0) is 5.75 Å². The summed E-state index contributed by atoms with van der Waals surface area (Å²) in [7, 11) is 0. The van der Waals surface area contributed by atoms with Crippen LogP contribution in [0, 0.1) is 5.92 Å². The van der Waals surface area contributed by atoms with Gasteiger partial charge in [-0.25, -0.2) is 0 Å². The lowest BCUT2D eigenvalue weighted by Crippen LogP contribution is -2.56. The molecule has 0 aliphatic carbocycles. The smallest absolute Gasteiger partial charge is 0.235 e. The van der Waals surface area contributed by atoms with Gasteiger partial charge in [0.05, 0.1) is 0 Å². The van der Waals surface area contributed by atoms with E-state index < -0.39 is 0 Å². The topological polar surface area (TPSA) is 70.7 Å². The second-order valence-electron chi connectivity index (χ2n) is 5.39. The van der Waals surface area contributed by atoms with Gasteiger partial charge < -0.3 is 5.73 Å². The molecule has 0 radical (unpaired) electrons. The van der Waals surface area contributed by atoms with Crippen molar-refractivity contribution in [3.8, 4) is 0 Å². The molecule has 3 N–H and O–H groups in total. The van der Waals surface area contributed by atoms with Crippen molar-refractivity contribution in [1.82, 2.24) is 19.8 Å². The molecule has 1 aromatic carbocycles. The van der Waals surface area contributed by atoms with Crippen LogP contribution in [0.3, 0.4) is 0 Å². The van der Waals surface area contributed by atoms with E-state index in [1.807, 2.05) is 28.8 Å². The average Bonchev–Trinajstić information content (AvgIpc) is 3.05. The highest BCUT2D eigenvalue weighted by Crippen LogP contribution is 2.29. The zero-order chi connectivity index (χ0) is 15.7. The molecule has 5 nitrogen and oxygen atoms in total. The van der Waals surface area contributed by atoms with Gasteiger partial charge in [-0.05, 0) is 17.7 Å². The lowest BCUT2D eigenvalue weighted by atomic mass is 10.1. The molecule has 3 rings (SSSR count). The number of hydrogen-bond acceptors (Lipinski definition) is 5. The first kappa shape index (κ1) is 15.7. The van der Waals surface area contributed by atoms with E-state index in [0.29, 0.717) is 5.92 Å². The Bertz CT molecular complexity index is 765. The van der Waals surface area contributed by atoms with Gasteiger partial charge in [-0.15, -0.1) is 15.3 Å². The number of nitrogens with zero attached hydrogens (tertiary/aromatic N) is 4. The third-order valence-electron chi connectivity index (χ3n) is 3.41. The Morgan fingerprint density at radius 2 is 2.00 bits per heavy atom. The van der Waals surface area contributed by atoms with E-state index in [2.05, 4.69) is 34.9 Å². The fourth-order valence-electron chi connectivity index (χ4n) is 1.93. The third-order valence-corrected chi connectivity index (χ3v) is 5.76. The van der Waals surface area contributed by atoms with Crippen molar-refractivity contribution in [3.05, 3.63) is 40.7 Å². The van der Waals surface area contributed by atoms with E-state index in [0.717, 1.165) is 25.9 Å². The van der Waals surface area contributed by atoms with Crippen LogP contribution in [0.2, 0.25) is 5.02 Å². The van der Waals surface area contributed by atoms with Gasteiger partial charge in [-0.1, -0.05) is 60.7 Å². The second kappa shape index (κ2) is 6.54. The molecule has 0 aliphatic rings. The lowest BCUT2D eigenvalue weighted by molar-refractivity contribution is -0.440. The van der Waals surface area contributed by atoms with Crippen LogP contribution in [0.5, 0.6) is 0 Å². The molecule has 0 unspecified atom stereocenters. The second-order valence-corrected chi connectivity index (χ2v) is 8.00. The van der Waals surface area contributed by atoms with E-state index in [1.165, 1.54) is 5.56 Å². The molecule has 8 heteroatoms. The number of halogens is 1. The fraction of sp³-hybridized carbons (Fsp3) is 0.357. The van der Waals surface area contributed by atoms with Crippen LogP contribution < -0.4 is 5.73 Å². The van der Waals surface area contributed by atoms with E-state index in [9.17, 15) is 0 Å². The van der Waals surface area contributed by atoms with E-state index in [4.69, 9.17) is 11.6 Å². The van der Waals surface area contributed by atoms with Gasteiger partial charge in [0.2, 0.25) is 10.8 Å². The van der Waals surface area contributed by atoms with Crippen LogP contribution in [-0.4, -0.2) is 19.8 Å². The third kappa shape index (κ3) is 3.27. The molecular formula is C14H17ClN5S2+. The molecule has 1 atom stereocenters. The summed E-state index contributed by atoms with van der Waals surface area (Å²) in [6, 6.07) is 7.97. The number of fused-ring (bicyclic) bond motifs is 1. The van der Waals surface area contributed by atoms with E-state index >= 15 is 0 Å². The molecule has 0 bridgehead atoms. The molecule has 0 saturated carbocycles. The number of quaternary nitrogens is 1. The minimum absolute atomic E-state index is 0.0891. The largest absolute Gasteiger partial charge is 0.348 e. The van der Waals surface area contributed by atoms with Crippen LogP contribution in [0.1, 0.15) is 31.3 Å². The molecule has 0 aliphatic heterocycles. The summed E-state index contributed by atoms with van der Waals surface area (Å²) >= 11 is 9.15. The number of rotatable bonds is 5. The van der Waals surface area contributed by atoms with Gasteiger partial charge in [-0.2, -0.15) is 4.52 Å². The summed E-state index contributed by atoms with van der Waals surface area (Å²) in [6.07, 6.45) is 0. The molecule has 0 saturated heterocycles. The van der Waals surface area contributed by atoms with Gasteiger partial charge in [0.1, 0.15) is 6.04 Å². The number of benzene rings is 1. The van der Waals surface area contributed by atoms with Crippen molar-refractivity contribution in [3.63, 3.8) is 0 Å². The molecule has 116 valence electrons. The normalized spacial score (nSPS) is 13.1. The minimum atomic E-state index is 0.0891. The summed E-state index contributed by atoms with van der Waals surface area (Å²) in [5, 5.41) is 13.8. The van der Waals surface area contributed by atoms with Crippen LogP contribution in [0.4, 0.5) is 0 Å². The predicted molar refractivity (Wildman–Crippen MR) is 90.1 cm³/mol.